The van der Waals surface area contributed by atoms with E-state index in [-0.39, 0.29) is 0 Å². The highest BCUT2D eigenvalue weighted by Gasteiger charge is 2.36. The molecule has 0 radical (unpaired) electrons. The average molecular weight is 336 g/mol. The number of nitrogens with zero attached hydrogens (tertiary/aromatic N) is 2. The van der Waals surface area contributed by atoms with Crippen molar-refractivity contribution in [3.05, 3.63) is 46.1 Å². The molecule has 3 rings (SSSR count). The van der Waals surface area contributed by atoms with Crippen molar-refractivity contribution in [3.63, 3.8) is 0 Å². The minimum absolute atomic E-state index is 0.340. The molecule has 1 aliphatic rings. The molecule has 7 nitrogen and oxygen atoms in total. The molecule has 23 heavy (non-hydrogen) atoms. The van der Waals surface area contributed by atoms with E-state index in [9.17, 15) is 13.2 Å². The molecule has 0 bridgehead atoms. The molecule has 0 aliphatic carbocycles. The van der Waals surface area contributed by atoms with Gasteiger partial charge in [-0.15, -0.1) is 0 Å². The molecule has 1 fully saturated rings. The molecule has 0 amide bonds. The van der Waals surface area contributed by atoms with Crippen LogP contribution in [-0.4, -0.2) is 34.4 Å². The highest BCUT2D eigenvalue weighted by atomic mass is 32.2. The topological polar surface area (TPSA) is 98.9 Å². The Hall–Kier alpha value is -1.93. The summed E-state index contributed by atoms with van der Waals surface area (Å²) in [4.78, 5) is 14.3. The van der Waals surface area contributed by atoms with Crippen LogP contribution in [0.1, 0.15) is 43.6 Å². The normalized spacial score (nSPS) is 19.8. The van der Waals surface area contributed by atoms with Crippen LogP contribution in [0.2, 0.25) is 0 Å². The standard InChI is InChI=1S/C15H20N4O3S/c1-2-11-7-3-4-9-13(11)23(21,22)19-10-6-5-8-12(19)14-16-15(20)18-17-14/h3-4,7,9,12H,2,5-6,8,10H2,1H3,(H2,16,17,18,20)/t12-/m0/s1. The lowest BCUT2D eigenvalue weighted by molar-refractivity contribution is 0.246. The average Bonchev–Trinajstić information content (AvgIpc) is 3.01. The maximum absolute atomic E-state index is 13.2. The maximum atomic E-state index is 13.2. The Morgan fingerprint density at radius 3 is 2.78 bits per heavy atom. The SMILES string of the molecule is CCc1ccccc1S(=O)(=O)N1CCCC[C@H]1c1n[nH]c(=O)[nH]1. The van der Waals surface area contributed by atoms with E-state index < -0.39 is 21.8 Å². The molecule has 2 aromatic rings. The third-order valence-corrected chi connectivity index (χ3v) is 6.24. The lowest BCUT2D eigenvalue weighted by atomic mass is 10.0. The van der Waals surface area contributed by atoms with Crippen LogP contribution >= 0.6 is 0 Å². The Labute approximate surface area is 134 Å². The lowest BCUT2D eigenvalue weighted by Gasteiger charge is -2.33. The number of aromatic amines is 2. The van der Waals surface area contributed by atoms with E-state index >= 15 is 0 Å². The fraction of sp³-hybridized carbons (Fsp3) is 0.467. The number of benzene rings is 1. The molecular formula is C15H20N4O3S. The summed E-state index contributed by atoms with van der Waals surface area (Å²) < 4.78 is 27.8. The van der Waals surface area contributed by atoms with Crippen molar-refractivity contribution in [2.45, 2.75) is 43.5 Å². The number of hydrogen-bond donors (Lipinski definition) is 2. The third kappa shape index (κ3) is 2.96. The van der Waals surface area contributed by atoms with E-state index in [4.69, 9.17) is 0 Å². The van der Waals surface area contributed by atoms with Crippen LogP contribution in [0.25, 0.3) is 0 Å². The zero-order valence-electron chi connectivity index (χ0n) is 12.9. The summed E-state index contributed by atoms with van der Waals surface area (Å²) in [5.74, 6) is 0.382. The second-order valence-corrected chi connectivity index (χ2v) is 7.51. The van der Waals surface area contributed by atoms with Crippen LogP contribution in [0, 0.1) is 0 Å². The zero-order valence-corrected chi connectivity index (χ0v) is 13.8. The number of piperidine rings is 1. The smallest absolute Gasteiger partial charge is 0.292 e. The molecule has 1 aromatic heterocycles. The highest BCUT2D eigenvalue weighted by molar-refractivity contribution is 7.89. The molecular weight excluding hydrogens is 316 g/mol. The monoisotopic (exact) mass is 336 g/mol. The first kappa shape index (κ1) is 15.9. The van der Waals surface area contributed by atoms with Crippen molar-refractivity contribution < 1.29 is 8.42 Å². The molecule has 8 heteroatoms. The molecule has 0 unspecified atom stereocenters. The van der Waals surface area contributed by atoms with Gasteiger partial charge in [-0.25, -0.2) is 18.3 Å². The van der Waals surface area contributed by atoms with Crippen molar-refractivity contribution in [1.29, 1.82) is 0 Å². The van der Waals surface area contributed by atoms with Crippen LogP contribution in [0.4, 0.5) is 0 Å². The van der Waals surface area contributed by atoms with Gasteiger partial charge in [0.05, 0.1) is 10.9 Å². The van der Waals surface area contributed by atoms with Gasteiger partial charge in [0, 0.05) is 6.54 Å². The van der Waals surface area contributed by atoms with Crippen LogP contribution in [0.15, 0.2) is 34.0 Å². The highest BCUT2D eigenvalue weighted by Crippen LogP contribution is 2.34. The summed E-state index contributed by atoms with van der Waals surface area (Å²) in [6.45, 7) is 2.37. The van der Waals surface area contributed by atoms with Crippen molar-refractivity contribution in [3.8, 4) is 0 Å². The molecule has 0 saturated carbocycles. The third-order valence-electron chi connectivity index (χ3n) is 4.23. The number of aryl methyl sites for hydroxylation is 1. The minimum Gasteiger partial charge on any atom is -0.292 e. The minimum atomic E-state index is -3.64. The Morgan fingerprint density at radius 2 is 2.09 bits per heavy atom. The predicted octanol–water partition coefficient (Wildman–Crippen LogP) is 1.58. The molecule has 1 atom stereocenters. The number of hydrogen-bond acceptors (Lipinski definition) is 4. The van der Waals surface area contributed by atoms with E-state index in [0.29, 0.717) is 30.1 Å². The predicted molar refractivity (Wildman–Crippen MR) is 85.5 cm³/mol. The van der Waals surface area contributed by atoms with Gasteiger partial charge >= 0.3 is 5.69 Å². The van der Waals surface area contributed by atoms with Gasteiger partial charge in [-0.2, -0.15) is 9.40 Å². The van der Waals surface area contributed by atoms with Crippen molar-refractivity contribution in [2.75, 3.05) is 6.54 Å². The van der Waals surface area contributed by atoms with Gasteiger partial charge in [-0.3, -0.25) is 4.98 Å². The van der Waals surface area contributed by atoms with E-state index in [1.54, 1.807) is 12.1 Å². The quantitative estimate of drug-likeness (QED) is 0.885. The van der Waals surface area contributed by atoms with Gasteiger partial charge in [0.15, 0.2) is 0 Å². The molecule has 124 valence electrons. The summed E-state index contributed by atoms with van der Waals surface area (Å²) in [6, 6.07) is 6.63. The van der Waals surface area contributed by atoms with Gasteiger partial charge < -0.3 is 0 Å². The Morgan fingerprint density at radius 1 is 1.30 bits per heavy atom. The summed E-state index contributed by atoms with van der Waals surface area (Å²) in [5.41, 5.74) is 0.379. The largest absolute Gasteiger partial charge is 0.340 e. The summed E-state index contributed by atoms with van der Waals surface area (Å²) in [5, 5.41) is 6.26. The van der Waals surface area contributed by atoms with Crippen molar-refractivity contribution >= 4 is 10.0 Å². The molecule has 1 aliphatic heterocycles. The van der Waals surface area contributed by atoms with E-state index in [1.807, 2.05) is 19.1 Å². The fourth-order valence-corrected chi connectivity index (χ4v) is 5.04. The maximum Gasteiger partial charge on any atom is 0.340 e. The van der Waals surface area contributed by atoms with Crippen LogP contribution < -0.4 is 5.69 Å². The van der Waals surface area contributed by atoms with E-state index in [0.717, 1.165) is 18.4 Å². The number of rotatable bonds is 4. The van der Waals surface area contributed by atoms with Gasteiger partial charge in [-0.05, 0) is 30.9 Å². The van der Waals surface area contributed by atoms with Crippen LogP contribution in [-0.2, 0) is 16.4 Å². The second kappa shape index (κ2) is 6.29. The first-order valence-corrected chi connectivity index (χ1v) is 9.22. The van der Waals surface area contributed by atoms with Crippen LogP contribution in [0.3, 0.4) is 0 Å². The Balaban J connectivity index is 2.04. The fourth-order valence-electron chi connectivity index (χ4n) is 3.08. The zero-order chi connectivity index (χ0) is 16.4. The van der Waals surface area contributed by atoms with Crippen molar-refractivity contribution in [1.82, 2.24) is 19.5 Å². The van der Waals surface area contributed by atoms with Gasteiger partial charge in [0.25, 0.3) is 0 Å². The van der Waals surface area contributed by atoms with Crippen LogP contribution in [0.5, 0.6) is 0 Å². The van der Waals surface area contributed by atoms with Gasteiger partial charge in [0.1, 0.15) is 5.82 Å². The summed E-state index contributed by atoms with van der Waals surface area (Å²) in [6.07, 6.45) is 3.00. The van der Waals surface area contributed by atoms with E-state index in [2.05, 4.69) is 15.2 Å². The summed E-state index contributed by atoms with van der Waals surface area (Å²) >= 11 is 0. The number of sulfonamides is 1. The summed E-state index contributed by atoms with van der Waals surface area (Å²) in [7, 11) is -3.64. The van der Waals surface area contributed by atoms with Gasteiger partial charge in [0.2, 0.25) is 10.0 Å². The number of aromatic nitrogens is 3. The second-order valence-electron chi connectivity index (χ2n) is 5.65. The van der Waals surface area contributed by atoms with E-state index in [1.165, 1.54) is 4.31 Å². The molecule has 1 saturated heterocycles. The lowest BCUT2D eigenvalue weighted by Crippen LogP contribution is -2.39. The Bertz CT molecular complexity index is 840. The molecule has 2 N–H and O–H groups in total. The first-order valence-electron chi connectivity index (χ1n) is 7.78. The molecule has 2 heterocycles. The number of nitrogens with one attached hydrogen (secondary N) is 2. The first-order chi connectivity index (χ1) is 11.0. The van der Waals surface area contributed by atoms with Gasteiger partial charge in [-0.1, -0.05) is 31.5 Å². The van der Waals surface area contributed by atoms with Crippen molar-refractivity contribution in [2.24, 2.45) is 0 Å². The number of H-pyrrole nitrogens is 2. The molecule has 0 spiro atoms. The molecule has 1 aromatic carbocycles. The Kier molecular flexibility index (Phi) is 4.36.